The standard InChI is InChI=1S/2C32H36F2N2O.C28H29NO2/c2*1-29-10-8-25-17-24-4-5-26(36-15-13-31(33,34)20-36)18-30(24)11-12-32(25,37-30)28(29)7-6-27(29)22-3-2-21-9-14-35-19-23(21)16-22;1-26-10-8-22-15-21-4-5-23(30)16-27(21)11-12-28(22,31-27)25(26)7-6-24(26)19-3-2-18-9-13-29-17-20(18)14-19/h2*2-3,8-9,14,16-17,19,26-28H,4-7,10-13,15,18,20H2,1H3;2-3,8-9,13-15,17,24-25H,4-7,10-12,16H2,1H3/t26-,27+,28+,29+,30+,32?;26-,27-,28-,29-,30-,32?;24-,25-,26-,27-,28?/m011/s1. The van der Waals surface area contributed by atoms with Crippen molar-refractivity contribution >= 4 is 38.1 Å². The van der Waals surface area contributed by atoms with Crippen LogP contribution in [-0.4, -0.2) is 114 Å². The van der Waals surface area contributed by atoms with Crippen LogP contribution in [0.5, 0.6) is 0 Å². The minimum Gasteiger partial charge on any atom is -0.359 e. The number of carbonyl (C=O) groups excluding carboxylic acids is 1. The number of ether oxygens (including phenoxy) is 3. The number of alkyl halides is 4. The molecule has 3 unspecified atom stereocenters. The largest absolute Gasteiger partial charge is 0.359 e. The number of hydrogen-bond donors (Lipinski definition) is 0. The maximum Gasteiger partial charge on any atom is 0.261 e. The van der Waals surface area contributed by atoms with Crippen LogP contribution in [0.15, 0.2) is 180 Å². The number of aromatic nitrogens is 3. The highest BCUT2D eigenvalue weighted by atomic mass is 19.3. The Morgan fingerprint density at radius 2 is 0.781 bits per heavy atom. The number of hydrogen-bond acceptors (Lipinski definition) is 9. The summed E-state index contributed by atoms with van der Waals surface area (Å²) < 4.78 is 78.1. The molecular weight excluding hydrogens is 1320 g/mol. The monoisotopic (exact) mass is 1420 g/mol. The quantitative estimate of drug-likeness (QED) is 0.157. The Balaban J connectivity index is 0.000000102. The molecule has 11 heterocycles. The molecule has 0 radical (unpaired) electrons. The van der Waals surface area contributed by atoms with E-state index >= 15 is 0 Å². The summed E-state index contributed by atoms with van der Waals surface area (Å²) in [5.74, 6) is -1.64. The van der Waals surface area contributed by atoms with E-state index in [0.717, 1.165) is 103 Å². The molecule has 8 aliphatic heterocycles. The van der Waals surface area contributed by atoms with E-state index in [-0.39, 0.29) is 87.9 Å². The van der Waals surface area contributed by atoms with Gasteiger partial charge in [-0.25, -0.2) is 17.6 Å². The number of halogens is 4. The number of rotatable bonds is 5. The summed E-state index contributed by atoms with van der Waals surface area (Å²) in [6.07, 6.45) is 51.2. The molecule has 0 N–H and O–H groups in total. The Bertz CT molecular complexity index is 4640. The minimum absolute atomic E-state index is 0.00350. The van der Waals surface area contributed by atoms with Crippen molar-refractivity contribution in [3.05, 3.63) is 197 Å². The SMILES string of the molecule is C[C@]12CC=C3C=C4CCC(=O)C[C@]45CCC3(O5)[C@@H]1CC[C@@H]2c1ccc2ccncc2c1.C[C@]12CC=C3C=C4CC[C@@H](N5CCC(F)(F)C5)C[C@]45CCC3(O5)[C@@H]1CC[C@@H]2c1ccc2ccncc2c1.C[C@]12CC=C3C=C4CC[C@H](N5CCC(F)(F)C5)C[C@]45CCC3(O5)[C@@H]1CC[C@@H]2c1ccc2ccncc2c1. The van der Waals surface area contributed by atoms with Crippen LogP contribution in [0, 0.1) is 34.0 Å². The Labute approximate surface area is 615 Å². The van der Waals surface area contributed by atoms with Gasteiger partial charge in [-0.05, 0) is 296 Å². The van der Waals surface area contributed by atoms with Gasteiger partial charge in [-0.3, -0.25) is 29.5 Å². The lowest BCUT2D eigenvalue weighted by Gasteiger charge is -2.55. The smallest absolute Gasteiger partial charge is 0.261 e. The summed E-state index contributed by atoms with van der Waals surface area (Å²) in [4.78, 5) is 29.6. The van der Waals surface area contributed by atoms with Crippen molar-refractivity contribution in [2.75, 3.05) is 26.2 Å². The number of nitrogens with zero attached hydrogens (tertiary/aromatic N) is 5. The van der Waals surface area contributed by atoms with Gasteiger partial charge in [-0.15, -0.1) is 0 Å². The molecule has 23 rings (SSSR count). The van der Waals surface area contributed by atoms with Gasteiger partial charge in [-0.2, -0.15) is 0 Å². The van der Waals surface area contributed by atoms with E-state index in [1.54, 1.807) is 0 Å². The average Bonchev–Trinajstić information content (AvgIpc) is 1.54. The molecule has 6 spiro atoms. The molecule has 546 valence electrons. The van der Waals surface area contributed by atoms with Gasteiger partial charge in [0.1, 0.15) is 5.78 Å². The van der Waals surface area contributed by atoms with Crippen LogP contribution in [0.2, 0.25) is 0 Å². The van der Waals surface area contributed by atoms with Gasteiger partial charge >= 0.3 is 0 Å². The molecule has 6 aromatic rings. The predicted octanol–water partition coefficient (Wildman–Crippen LogP) is 20.4. The summed E-state index contributed by atoms with van der Waals surface area (Å²) in [5, 5.41) is 7.43. The van der Waals surface area contributed by atoms with Gasteiger partial charge < -0.3 is 14.2 Å². The Kier molecular flexibility index (Phi) is 14.8. The van der Waals surface area contributed by atoms with Crippen LogP contribution >= 0.6 is 0 Å². The third kappa shape index (κ3) is 9.92. The molecule has 0 amide bonds. The molecule has 3 aromatic heterocycles. The number of pyridine rings is 3. The number of fused-ring (bicyclic) bond motifs is 6. The summed E-state index contributed by atoms with van der Waals surface area (Å²) in [6.45, 7) is 8.41. The lowest BCUT2D eigenvalue weighted by molar-refractivity contribution is -0.146. The highest BCUT2D eigenvalue weighted by molar-refractivity contribution is 5.85. The van der Waals surface area contributed by atoms with Crippen molar-refractivity contribution in [2.45, 2.75) is 263 Å². The number of ketones is 1. The van der Waals surface area contributed by atoms with Crippen LogP contribution in [0.4, 0.5) is 17.6 Å². The average molecular weight is 1420 g/mol. The third-order valence-corrected chi connectivity index (χ3v) is 32.4. The van der Waals surface area contributed by atoms with Gasteiger partial charge in [0.15, 0.2) is 0 Å². The van der Waals surface area contributed by atoms with Crippen molar-refractivity contribution in [3.8, 4) is 0 Å². The molecule has 3 aromatic carbocycles. The fourth-order valence-corrected chi connectivity index (χ4v) is 27.4. The van der Waals surface area contributed by atoms with Crippen LogP contribution < -0.4 is 0 Å². The van der Waals surface area contributed by atoms with Crippen LogP contribution in [-0.2, 0) is 19.0 Å². The molecule has 5 saturated heterocycles. The van der Waals surface area contributed by atoms with E-state index in [4.69, 9.17) is 14.2 Å². The van der Waals surface area contributed by atoms with Crippen molar-refractivity contribution < 1.29 is 36.6 Å². The molecule has 9 nitrogen and oxygen atoms in total. The zero-order valence-electron chi connectivity index (χ0n) is 61.6. The molecule has 17 atom stereocenters. The number of Topliss-reactive ketones (excluding diaryl/α,β-unsaturated/α-hetero) is 1. The predicted molar refractivity (Wildman–Crippen MR) is 402 cm³/mol. The third-order valence-electron chi connectivity index (χ3n) is 32.4. The second kappa shape index (κ2) is 23.3. The number of likely N-dealkylation sites (tertiary alicyclic amines) is 2. The summed E-state index contributed by atoms with van der Waals surface area (Å²) >= 11 is 0. The van der Waals surface area contributed by atoms with Crippen LogP contribution in [0.25, 0.3) is 32.3 Å². The Hall–Kier alpha value is -6.48. The van der Waals surface area contributed by atoms with Gasteiger partial charge in [0.2, 0.25) is 0 Å². The Morgan fingerprint density at radius 1 is 0.410 bits per heavy atom. The maximum atomic E-state index is 14.0. The first kappa shape index (κ1) is 66.7. The molecular formula is C92H101F4N5O4. The fourth-order valence-electron chi connectivity index (χ4n) is 27.4. The minimum atomic E-state index is -2.53. The molecule has 105 heavy (non-hydrogen) atoms. The number of benzene rings is 3. The highest BCUT2D eigenvalue weighted by Gasteiger charge is 2.71. The lowest BCUT2D eigenvalue weighted by Crippen LogP contribution is -2.55. The first-order valence-electron chi connectivity index (χ1n) is 40.8. The molecule has 6 bridgehead atoms. The lowest BCUT2D eigenvalue weighted by atomic mass is 9.58. The Morgan fingerprint density at radius 3 is 1.16 bits per heavy atom. The van der Waals surface area contributed by atoms with Crippen molar-refractivity contribution in [1.29, 1.82) is 0 Å². The van der Waals surface area contributed by atoms with E-state index in [1.807, 2.05) is 37.2 Å². The van der Waals surface area contributed by atoms with E-state index < -0.39 is 11.8 Å². The topological polar surface area (TPSA) is 89.9 Å². The number of allylic oxidation sites excluding steroid dienone is 3. The first-order chi connectivity index (χ1) is 50.6. The van der Waals surface area contributed by atoms with E-state index in [1.165, 1.54) is 121 Å². The van der Waals surface area contributed by atoms with E-state index in [0.29, 0.717) is 67.2 Å². The van der Waals surface area contributed by atoms with Gasteiger partial charge in [0, 0.05) is 104 Å². The van der Waals surface area contributed by atoms with Gasteiger partial charge in [0.05, 0.1) is 46.7 Å². The molecule has 11 fully saturated rings. The van der Waals surface area contributed by atoms with Crippen LogP contribution in [0.1, 0.15) is 222 Å². The van der Waals surface area contributed by atoms with Gasteiger partial charge in [-0.1, -0.05) is 93.6 Å². The van der Waals surface area contributed by atoms with E-state index in [2.05, 4.69) is 155 Å². The maximum absolute atomic E-state index is 14.0. The van der Waals surface area contributed by atoms with Crippen molar-refractivity contribution in [1.82, 2.24) is 24.8 Å². The molecule has 17 aliphatic rings. The second-order valence-electron chi connectivity index (χ2n) is 37.2. The van der Waals surface area contributed by atoms with E-state index in [9.17, 15) is 22.4 Å². The zero-order chi connectivity index (χ0) is 70.9. The van der Waals surface area contributed by atoms with Gasteiger partial charge in [0.25, 0.3) is 11.8 Å². The summed E-state index contributed by atoms with van der Waals surface area (Å²) in [5.41, 5.74) is 12.0. The molecule has 9 aliphatic carbocycles. The fraction of sp³-hybridized carbons (Fsp3) is 0.565. The van der Waals surface area contributed by atoms with Crippen molar-refractivity contribution in [2.24, 2.45) is 34.0 Å². The van der Waals surface area contributed by atoms with Crippen molar-refractivity contribution in [3.63, 3.8) is 0 Å². The second-order valence-corrected chi connectivity index (χ2v) is 37.2. The summed E-state index contributed by atoms with van der Waals surface area (Å²) in [7, 11) is 0. The number of carbonyl (C=O) groups is 1. The first-order valence-corrected chi connectivity index (χ1v) is 40.8. The highest BCUT2D eigenvalue weighted by Crippen LogP contribution is 2.73. The molecule has 13 heteroatoms. The molecule has 6 saturated carbocycles. The normalized spacial score (nSPS) is 41.8. The zero-order valence-corrected chi connectivity index (χ0v) is 61.6. The summed E-state index contributed by atoms with van der Waals surface area (Å²) in [6, 6.07) is 27.6. The van der Waals surface area contributed by atoms with Crippen LogP contribution in [0.3, 0.4) is 0 Å².